The summed E-state index contributed by atoms with van der Waals surface area (Å²) in [6.07, 6.45) is 1.42. The minimum absolute atomic E-state index is 0.138. The number of carbonyl (C=O) groups is 3. The van der Waals surface area contributed by atoms with Gasteiger partial charge in [-0.25, -0.2) is 4.98 Å². The number of thiazole rings is 1. The van der Waals surface area contributed by atoms with Crippen LogP contribution >= 0.6 is 11.3 Å². The number of hydrogen-bond donors (Lipinski definition) is 3. The van der Waals surface area contributed by atoms with Gasteiger partial charge in [-0.1, -0.05) is 18.2 Å². The molecule has 2 heterocycles. The smallest absolute Gasteiger partial charge is 0.291 e. The summed E-state index contributed by atoms with van der Waals surface area (Å²) in [4.78, 5) is 40.7. The van der Waals surface area contributed by atoms with E-state index in [9.17, 15) is 14.4 Å². The van der Waals surface area contributed by atoms with Crippen LogP contribution in [0, 0.1) is 6.92 Å². The highest BCUT2D eigenvalue weighted by atomic mass is 32.1. The molecule has 0 aliphatic carbocycles. The normalized spacial score (nSPS) is 10.5. The van der Waals surface area contributed by atoms with Gasteiger partial charge in [0.15, 0.2) is 10.9 Å². The second-order valence-corrected chi connectivity index (χ2v) is 8.07. The molecule has 3 N–H and O–H groups in total. The quantitative estimate of drug-likeness (QED) is 0.367. The molecule has 8 nitrogen and oxygen atoms in total. The molecule has 0 aliphatic heterocycles. The van der Waals surface area contributed by atoms with Crippen molar-refractivity contribution in [3.8, 4) is 11.3 Å². The van der Waals surface area contributed by atoms with Gasteiger partial charge >= 0.3 is 0 Å². The average molecular weight is 461 g/mol. The first-order valence-corrected chi connectivity index (χ1v) is 10.9. The molecule has 166 valence electrons. The predicted octanol–water partition coefficient (Wildman–Crippen LogP) is 5.17. The lowest BCUT2D eigenvalue weighted by molar-refractivity contribution is -0.114. The molecule has 0 spiro atoms. The first kappa shape index (κ1) is 22.0. The molecule has 0 saturated heterocycles. The van der Waals surface area contributed by atoms with Gasteiger partial charge in [0.05, 0.1) is 12.0 Å². The van der Waals surface area contributed by atoms with E-state index in [4.69, 9.17) is 4.42 Å². The van der Waals surface area contributed by atoms with E-state index < -0.39 is 5.91 Å². The van der Waals surface area contributed by atoms with Crippen molar-refractivity contribution in [1.82, 2.24) is 4.98 Å². The number of aromatic nitrogens is 1. The number of aryl methyl sites for hydroxylation is 1. The number of amides is 3. The Morgan fingerprint density at radius 1 is 0.939 bits per heavy atom. The lowest BCUT2D eigenvalue weighted by Crippen LogP contribution is -2.15. The highest BCUT2D eigenvalue weighted by Crippen LogP contribution is 2.27. The standard InChI is InChI=1S/C24H20N4O4S/c1-14-5-6-17(12-19(14)26-23(31)21-4-3-11-32-21)22(30)28-24-27-20(13-33-24)16-7-9-18(10-8-16)25-15(2)29/h3-13H,1-2H3,(H,25,29)(H,26,31)(H,27,28,30). The number of hydrogen-bond acceptors (Lipinski definition) is 6. The van der Waals surface area contributed by atoms with E-state index >= 15 is 0 Å². The lowest BCUT2D eigenvalue weighted by atomic mass is 10.1. The fraction of sp³-hybridized carbons (Fsp3) is 0.0833. The van der Waals surface area contributed by atoms with Gasteiger partial charge in [0.1, 0.15) is 0 Å². The fourth-order valence-corrected chi connectivity index (χ4v) is 3.76. The second kappa shape index (κ2) is 9.49. The van der Waals surface area contributed by atoms with Crippen LogP contribution in [-0.4, -0.2) is 22.7 Å². The zero-order valence-corrected chi connectivity index (χ0v) is 18.7. The number of anilines is 3. The van der Waals surface area contributed by atoms with Crippen LogP contribution in [-0.2, 0) is 4.79 Å². The molecule has 0 radical (unpaired) electrons. The topological polar surface area (TPSA) is 113 Å². The molecule has 4 aromatic rings. The molecule has 3 amide bonds. The van der Waals surface area contributed by atoms with Gasteiger partial charge in [-0.15, -0.1) is 11.3 Å². The summed E-state index contributed by atoms with van der Waals surface area (Å²) < 4.78 is 5.11. The SMILES string of the molecule is CC(=O)Nc1ccc(-c2csc(NC(=O)c3ccc(C)c(NC(=O)c4ccco4)c3)n2)cc1. The molecule has 0 atom stereocenters. The van der Waals surface area contributed by atoms with Crippen molar-refractivity contribution in [2.75, 3.05) is 16.0 Å². The number of nitrogens with one attached hydrogen (secondary N) is 3. The summed E-state index contributed by atoms with van der Waals surface area (Å²) in [5, 5.41) is 10.6. The van der Waals surface area contributed by atoms with Crippen LogP contribution in [0.4, 0.5) is 16.5 Å². The van der Waals surface area contributed by atoms with Crippen LogP contribution < -0.4 is 16.0 Å². The molecule has 2 aromatic carbocycles. The molecular weight excluding hydrogens is 440 g/mol. The van der Waals surface area contributed by atoms with Crippen LogP contribution in [0.25, 0.3) is 11.3 Å². The minimum Gasteiger partial charge on any atom is -0.459 e. The maximum absolute atomic E-state index is 12.8. The van der Waals surface area contributed by atoms with Gasteiger partial charge in [0.25, 0.3) is 11.8 Å². The maximum Gasteiger partial charge on any atom is 0.291 e. The van der Waals surface area contributed by atoms with E-state index in [0.717, 1.165) is 11.1 Å². The number of carbonyl (C=O) groups excluding carboxylic acids is 3. The Hall–Kier alpha value is -4.24. The van der Waals surface area contributed by atoms with E-state index in [-0.39, 0.29) is 17.6 Å². The molecule has 4 rings (SSSR count). The van der Waals surface area contributed by atoms with Gasteiger partial charge < -0.3 is 15.1 Å². The van der Waals surface area contributed by atoms with Crippen LogP contribution in [0.5, 0.6) is 0 Å². The number of furan rings is 1. The van der Waals surface area contributed by atoms with Crippen LogP contribution in [0.3, 0.4) is 0 Å². The number of benzene rings is 2. The Labute approximate surface area is 193 Å². The molecule has 2 aromatic heterocycles. The lowest BCUT2D eigenvalue weighted by Gasteiger charge is -2.09. The zero-order chi connectivity index (χ0) is 23.4. The fourth-order valence-electron chi connectivity index (χ4n) is 3.05. The summed E-state index contributed by atoms with van der Waals surface area (Å²) in [5.74, 6) is -0.689. The number of rotatable bonds is 6. The van der Waals surface area contributed by atoms with Gasteiger partial charge in [-0.05, 0) is 48.9 Å². The predicted molar refractivity (Wildman–Crippen MR) is 128 cm³/mol. The monoisotopic (exact) mass is 460 g/mol. The van der Waals surface area contributed by atoms with Gasteiger partial charge in [-0.2, -0.15) is 0 Å². The first-order valence-electron chi connectivity index (χ1n) is 9.99. The van der Waals surface area contributed by atoms with E-state index in [0.29, 0.717) is 27.8 Å². The highest BCUT2D eigenvalue weighted by Gasteiger charge is 2.14. The van der Waals surface area contributed by atoms with E-state index in [1.54, 1.807) is 42.5 Å². The van der Waals surface area contributed by atoms with E-state index in [2.05, 4.69) is 20.9 Å². The Balaban J connectivity index is 1.45. The van der Waals surface area contributed by atoms with Crippen molar-refractivity contribution >= 4 is 45.6 Å². The number of nitrogens with zero attached hydrogens (tertiary/aromatic N) is 1. The van der Waals surface area contributed by atoms with Gasteiger partial charge in [0, 0.05) is 34.8 Å². The highest BCUT2D eigenvalue weighted by molar-refractivity contribution is 7.14. The molecule has 0 unspecified atom stereocenters. The molecule has 0 saturated carbocycles. The first-order chi connectivity index (χ1) is 15.9. The van der Waals surface area contributed by atoms with Crippen molar-refractivity contribution in [1.29, 1.82) is 0 Å². The average Bonchev–Trinajstić information content (AvgIpc) is 3.48. The van der Waals surface area contributed by atoms with Gasteiger partial charge in [0.2, 0.25) is 5.91 Å². The Bertz CT molecular complexity index is 1310. The molecular formula is C24H20N4O4S. The molecule has 9 heteroatoms. The molecule has 33 heavy (non-hydrogen) atoms. The second-order valence-electron chi connectivity index (χ2n) is 7.21. The van der Waals surface area contributed by atoms with Crippen molar-refractivity contribution < 1.29 is 18.8 Å². The largest absolute Gasteiger partial charge is 0.459 e. The van der Waals surface area contributed by atoms with Crippen LogP contribution in [0.2, 0.25) is 0 Å². The molecule has 0 fully saturated rings. The van der Waals surface area contributed by atoms with Gasteiger partial charge in [-0.3, -0.25) is 19.7 Å². The van der Waals surface area contributed by atoms with Crippen molar-refractivity contribution in [3.05, 3.63) is 83.1 Å². The summed E-state index contributed by atoms with van der Waals surface area (Å²) in [5.41, 5.74) is 3.98. The summed E-state index contributed by atoms with van der Waals surface area (Å²) >= 11 is 1.30. The van der Waals surface area contributed by atoms with Crippen LogP contribution in [0.15, 0.2) is 70.7 Å². The third kappa shape index (κ3) is 5.34. The Morgan fingerprint density at radius 2 is 1.73 bits per heavy atom. The van der Waals surface area contributed by atoms with Crippen molar-refractivity contribution in [3.63, 3.8) is 0 Å². The Morgan fingerprint density at radius 3 is 2.42 bits per heavy atom. The molecule has 0 aliphatic rings. The summed E-state index contributed by atoms with van der Waals surface area (Å²) in [7, 11) is 0. The molecule has 0 bridgehead atoms. The van der Waals surface area contributed by atoms with Crippen molar-refractivity contribution in [2.24, 2.45) is 0 Å². The third-order valence-electron chi connectivity index (χ3n) is 4.72. The maximum atomic E-state index is 12.8. The van der Waals surface area contributed by atoms with Crippen LogP contribution in [0.1, 0.15) is 33.4 Å². The zero-order valence-electron chi connectivity index (χ0n) is 17.8. The van der Waals surface area contributed by atoms with E-state index in [1.807, 2.05) is 24.4 Å². The van der Waals surface area contributed by atoms with E-state index in [1.165, 1.54) is 24.5 Å². The third-order valence-corrected chi connectivity index (χ3v) is 5.48. The minimum atomic E-state index is -0.394. The summed E-state index contributed by atoms with van der Waals surface area (Å²) in [6, 6.07) is 15.5. The Kier molecular flexibility index (Phi) is 6.32. The van der Waals surface area contributed by atoms with Crippen molar-refractivity contribution in [2.45, 2.75) is 13.8 Å². The summed E-state index contributed by atoms with van der Waals surface area (Å²) in [6.45, 7) is 3.29.